The van der Waals surface area contributed by atoms with E-state index in [0.29, 0.717) is 17.1 Å². The molecular weight excluding hydrogens is 429 g/mol. The lowest BCUT2D eigenvalue weighted by molar-refractivity contribution is -0.140. The van der Waals surface area contributed by atoms with Crippen LogP contribution in [0.5, 0.6) is 0 Å². The summed E-state index contributed by atoms with van der Waals surface area (Å²) in [5.74, 6) is -1.95. The normalized spacial score (nSPS) is 11.7. The Hall–Kier alpha value is -1.60. The summed E-state index contributed by atoms with van der Waals surface area (Å²) in [5.41, 5.74) is 1.53. The van der Waals surface area contributed by atoms with Crippen LogP contribution in [0.25, 0.3) is 0 Å². The van der Waals surface area contributed by atoms with Gasteiger partial charge >= 0.3 is 5.97 Å². The van der Waals surface area contributed by atoms with Crippen LogP contribution in [-0.4, -0.2) is 17.0 Å². The van der Waals surface area contributed by atoms with Crippen LogP contribution in [0, 0.1) is 9.49 Å². The first kappa shape index (κ1) is 17.7. The van der Waals surface area contributed by atoms with E-state index < -0.39 is 11.9 Å². The van der Waals surface area contributed by atoms with E-state index >= 15 is 0 Å². The molecule has 0 saturated heterocycles. The van der Waals surface area contributed by atoms with Gasteiger partial charge in [-0.25, -0.2) is 0 Å². The number of rotatable bonds is 6. The summed E-state index contributed by atoms with van der Waals surface area (Å²) in [7, 11) is 0. The van der Waals surface area contributed by atoms with E-state index in [2.05, 4.69) is 27.9 Å². The average molecular weight is 444 g/mol. The first-order valence-corrected chi connectivity index (χ1v) is 8.42. The first-order valence-electron chi connectivity index (χ1n) is 6.96. The van der Waals surface area contributed by atoms with Crippen LogP contribution in [0.4, 0.5) is 5.69 Å². The zero-order valence-corrected chi connectivity index (χ0v) is 15.0. The highest BCUT2D eigenvalue weighted by molar-refractivity contribution is 14.1. The third-order valence-electron chi connectivity index (χ3n) is 3.30. The van der Waals surface area contributed by atoms with Gasteiger partial charge in [0.25, 0.3) is 0 Å². The molecule has 1 amide bonds. The lowest BCUT2D eigenvalue weighted by Crippen LogP contribution is -2.27. The van der Waals surface area contributed by atoms with E-state index in [9.17, 15) is 9.59 Å². The molecule has 0 spiro atoms. The number of benzene rings is 2. The summed E-state index contributed by atoms with van der Waals surface area (Å²) in [5, 5.41) is 12.4. The molecular formula is C17H15ClINO3. The summed E-state index contributed by atoms with van der Waals surface area (Å²) >= 11 is 8.02. The summed E-state index contributed by atoms with van der Waals surface area (Å²) in [6, 6.07) is 14.4. The van der Waals surface area contributed by atoms with Crippen molar-refractivity contribution >= 4 is 51.8 Å². The second kappa shape index (κ2) is 8.31. The Balaban J connectivity index is 2.09. The fourth-order valence-electron chi connectivity index (χ4n) is 2.15. The van der Waals surface area contributed by atoms with Gasteiger partial charge in [-0.1, -0.05) is 23.7 Å². The Bertz CT molecular complexity index is 686. The van der Waals surface area contributed by atoms with E-state index in [1.165, 1.54) is 0 Å². The van der Waals surface area contributed by atoms with Crippen LogP contribution in [0.2, 0.25) is 5.02 Å². The molecule has 0 aromatic heterocycles. The van der Waals surface area contributed by atoms with Gasteiger partial charge in [-0.3, -0.25) is 9.59 Å². The highest BCUT2D eigenvalue weighted by Gasteiger charge is 2.22. The molecule has 0 unspecified atom stereocenters. The number of carbonyl (C=O) groups excluding carboxylic acids is 1. The maximum absolute atomic E-state index is 12.4. The molecule has 1 atom stereocenters. The molecule has 6 heteroatoms. The molecule has 0 aliphatic carbocycles. The van der Waals surface area contributed by atoms with Gasteiger partial charge in [0.1, 0.15) is 0 Å². The Morgan fingerprint density at radius 1 is 1.09 bits per heavy atom. The van der Waals surface area contributed by atoms with Crippen LogP contribution in [-0.2, 0) is 16.0 Å². The number of hydrogen-bond acceptors (Lipinski definition) is 2. The van der Waals surface area contributed by atoms with E-state index in [1.54, 1.807) is 36.4 Å². The highest BCUT2D eigenvalue weighted by atomic mass is 127. The number of halogens is 2. The Kier molecular flexibility index (Phi) is 6.41. The van der Waals surface area contributed by atoms with Gasteiger partial charge in [0.2, 0.25) is 5.91 Å². The minimum absolute atomic E-state index is 0.223. The second-order valence-corrected chi connectivity index (χ2v) is 6.80. The second-order valence-electron chi connectivity index (χ2n) is 5.12. The molecule has 0 heterocycles. The molecule has 0 aliphatic heterocycles. The van der Waals surface area contributed by atoms with Crippen molar-refractivity contribution in [3.63, 3.8) is 0 Å². The van der Waals surface area contributed by atoms with Crippen molar-refractivity contribution in [3.05, 3.63) is 62.7 Å². The van der Waals surface area contributed by atoms with Gasteiger partial charge in [0.15, 0.2) is 0 Å². The number of amides is 1. The van der Waals surface area contributed by atoms with E-state index in [4.69, 9.17) is 16.7 Å². The van der Waals surface area contributed by atoms with Crippen molar-refractivity contribution in [1.29, 1.82) is 0 Å². The molecule has 0 aliphatic rings. The highest BCUT2D eigenvalue weighted by Crippen LogP contribution is 2.18. The van der Waals surface area contributed by atoms with Crippen LogP contribution in [0.1, 0.15) is 12.0 Å². The van der Waals surface area contributed by atoms with Gasteiger partial charge in [0.05, 0.1) is 12.3 Å². The minimum atomic E-state index is -0.998. The topological polar surface area (TPSA) is 66.4 Å². The Labute approximate surface area is 153 Å². The van der Waals surface area contributed by atoms with Gasteiger partial charge in [-0.2, -0.15) is 0 Å². The molecule has 0 radical (unpaired) electrons. The van der Waals surface area contributed by atoms with Crippen LogP contribution < -0.4 is 5.32 Å². The molecule has 2 rings (SSSR count). The standard InChI is InChI=1S/C17H15ClINO3/c18-13-3-1-11(2-4-13)9-12(10-16(21)22)17(23)20-15-7-5-14(19)6-8-15/h1-8,12H,9-10H2,(H,20,23)(H,21,22)/t12-/m1/s1. The molecule has 0 bridgehead atoms. The number of carboxylic acid groups (broad SMARTS) is 1. The number of hydrogen-bond donors (Lipinski definition) is 2. The van der Waals surface area contributed by atoms with Gasteiger partial charge in [0, 0.05) is 14.3 Å². The molecule has 2 N–H and O–H groups in total. The molecule has 120 valence electrons. The fourth-order valence-corrected chi connectivity index (χ4v) is 2.64. The van der Waals surface area contributed by atoms with E-state index in [1.807, 2.05) is 12.1 Å². The zero-order valence-electron chi connectivity index (χ0n) is 12.1. The zero-order chi connectivity index (χ0) is 16.8. The minimum Gasteiger partial charge on any atom is -0.481 e. The summed E-state index contributed by atoms with van der Waals surface area (Å²) in [6.07, 6.45) is 0.124. The van der Waals surface area contributed by atoms with Crippen LogP contribution in [0.15, 0.2) is 48.5 Å². The molecule has 0 saturated carbocycles. The predicted octanol–water partition coefficient (Wildman–Crippen LogP) is 4.22. The quantitative estimate of drug-likeness (QED) is 0.657. The molecule has 0 fully saturated rings. The third-order valence-corrected chi connectivity index (χ3v) is 4.27. The Morgan fingerprint density at radius 3 is 2.26 bits per heavy atom. The smallest absolute Gasteiger partial charge is 0.304 e. The maximum Gasteiger partial charge on any atom is 0.304 e. The van der Waals surface area contributed by atoms with E-state index in [0.717, 1.165) is 9.13 Å². The van der Waals surface area contributed by atoms with Crippen molar-refractivity contribution in [3.8, 4) is 0 Å². The average Bonchev–Trinajstić information content (AvgIpc) is 2.50. The van der Waals surface area contributed by atoms with Crippen molar-refractivity contribution in [1.82, 2.24) is 0 Å². The largest absolute Gasteiger partial charge is 0.481 e. The summed E-state index contributed by atoms with van der Waals surface area (Å²) in [4.78, 5) is 23.5. The summed E-state index contributed by atoms with van der Waals surface area (Å²) in [6.45, 7) is 0. The van der Waals surface area contributed by atoms with Crippen molar-refractivity contribution in [2.45, 2.75) is 12.8 Å². The van der Waals surface area contributed by atoms with Gasteiger partial charge in [-0.15, -0.1) is 0 Å². The van der Waals surface area contributed by atoms with Crippen molar-refractivity contribution in [2.75, 3.05) is 5.32 Å². The SMILES string of the molecule is O=C(O)C[C@@H](Cc1ccc(Cl)cc1)C(=O)Nc1ccc(I)cc1. The number of nitrogens with one attached hydrogen (secondary N) is 1. The summed E-state index contributed by atoms with van der Waals surface area (Å²) < 4.78 is 1.06. The van der Waals surface area contributed by atoms with Gasteiger partial charge in [-0.05, 0) is 71.0 Å². The molecule has 2 aromatic carbocycles. The Morgan fingerprint density at radius 2 is 1.70 bits per heavy atom. The van der Waals surface area contributed by atoms with Crippen LogP contribution >= 0.6 is 34.2 Å². The number of aliphatic carboxylic acids is 1. The number of carboxylic acids is 1. The first-order chi connectivity index (χ1) is 10.9. The third kappa shape index (κ3) is 5.84. The number of anilines is 1. The predicted molar refractivity (Wildman–Crippen MR) is 98.7 cm³/mol. The van der Waals surface area contributed by atoms with Crippen molar-refractivity contribution in [2.24, 2.45) is 5.92 Å². The van der Waals surface area contributed by atoms with Gasteiger partial charge < -0.3 is 10.4 Å². The lowest BCUT2D eigenvalue weighted by Gasteiger charge is -2.15. The fraction of sp³-hybridized carbons (Fsp3) is 0.176. The molecule has 4 nitrogen and oxygen atoms in total. The monoisotopic (exact) mass is 443 g/mol. The maximum atomic E-state index is 12.4. The van der Waals surface area contributed by atoms with Crippen molar-refractivity contribution < 1.29 is 14.7 Å². The number of carbonyl (C=O) groups is 2. The van der Waals surface area contributed by atoms with Crippen LogP contribution in [0.3, 0.4) is 0 Å². The lowest BCUT2D eigenvalue weighted by atomic mass is 9.95. The molecule has 2 aromatic rings. The van der Waals surface area contributed by atoms with E-state index in [-0.39, 0.29) is 12.3 Å². The molecule has 23 heavy (non-hydrogen) atoms.